The summed E-state index contributed by atoms with van der Waals surface area (Å²) in [4.78, 5) is 10.5. The van der Waals surface area contributed by atoms with Crippen molar-refractivity contribution in [2.75, 3.05) is 0 Å². The van der Waals surface area contributed by atoms with Crippen LogP contribution in [0.25, 0.3) is 0 Å². The number of carbonyl (C=O) groups is 1. The van der Waals surface area contributed by atoms with Crippen LogP contribution in [0.5, 0.6) is 0 Å². The largest absolute Gasteiger partial charge is 0.294 e. The van der Waals surface area contributed by atoms with Crippen molar-refractivity contribution in [1.82, 2.24) is 0 Å². The lowest BCUT2D eigenvalue weighted by Crippen LogP contribution is -1.99. The third-order valence-corrected chi connectivity index (χ3v) is 2.71. The third kappa shape index (κ3) is 3.21. The van der Waals surface area contributed by atoms with Crippen molar-refractivity contribution >= 4 is 30.7 Å². The molecule has 1 aromatic carbocycles. The highest BCUT2D eigenvalue weighted by atomic mass is 79.9. The Balaban J connectivity index is 2.95. The maximum absolute atomic E-state index is 10.6. The van der Waals surface area contributed by atoms with Gasteiger partial charge < -0.3 is 0 Å². The molecule has 0 amide bonds. The molecule has 0 spiro atoms. The van der Waals surface area contributed by atoms with Crippen LogP contribution < -0.4 is 0 Å². The van der Waals surface area contributed by atoms with Crippen molar-refractivity contribution in [3.05, 3.63) is 29.8 Å². The molecule has 0 bridgehead atoms. The fraction of sp³-hybridized carbons (Fsp3) is 0.125. The van der Waals surface area contributed by atoms with Gasteiger partial charge in [-0.3, -0.25) is 9.35 Å². The number of halogens is 1. The minimum Gasteiger partial charge on any atom is -0.286 e. The zero-order chi connectivity index (χ0) is 10.8. The fourth-order valence-corrected chi connectivity index (χ4v) is 1.74. The molecule has 4 nitrogen and oxygen atoms in total. The normalized spacial score (nSPS) is 11.3. The van der Waals surface area contributed by atoms with E-state index in [1.807, 2.05) is 0 Å². The second-order valence-corrected chi connectivity index (χ2v) is 4.96. The quantitative estimate of drug-likeness (QED) is 0.670. The summed E-state index contributed by atoms with van der Waals surface area (Å²) in [7, 11) is -4.14. The molecule has 0 unspecified atom stereocenters. The van der Waals surface area contributed by atoms with Crippen LogP contribution in [-0.4, -0.2) is 17.7 Å². The van der Waals surface area contributed by atoms with Gasteiger partial charge in [0.25, 0.3) is 10.1 Å². The molecule has 6 heteroatoms. The smallest absolute Gasteiger partial charge is 0.286 e. The molecule has 0 aromatic heterocycles. The van der Waals surface area contributed by atoms with Gasteiger partial charge in [0.1, 0.15) is 0 Å². The van der Waals surface area contributed by atoms with E-state index < -0.39 is 10.1 Å². The average molecular weight is 279 g/mol. The van der Waals surface area contributed by atoms with Gasteiger partial charge in [0.15, 0.2) is 0 Å². The molecule has 0 aliphatic heterocycles. The predicted octanol–water partition coefficient (Wildman–Crippen LogP) is 1.40. The summed E-state index contributed by atoms with van der Waals surface area (Å²) in [5, 5.41) is 0. The van der Waals surface area contributed by atoms with Crippen LogP contribution in [0.1, 0.15) is 5.56 Å². The minimum absolute atomic E-state index is 0.178. The van der Waals surface area contributed by atoms with Gasteiger partial charge in [0.05, 0.1) is 4.90 Å². The standard InChI is InChI=1S/C8H7BrO4S/c9-8(10)5-6-1-3-7(4-2-6)14(11,12)13/h1-4H,5H2,(H,11,12,13). The summed E-state index contributed by atoms with van der Waals surface area (Å²) in [6.07, 6.45) is 0.186. The zero-order valence-electron chi connectivity index (χ0n) is 6.97. The molecular weight excluding hydrogens is 272 g/mol. The van der Waals surface area contributed by atoms with Gasteiger partial charge in [0, 0.05) is 6.42 Å². The van der Waals surface area contributed by atoms with Gasteiger partial charge in [-0.1, -0.05) is 12.1 Å². The Bertz CT molecular complexity index is 435. The van der Waals surface area contributed by atoms with Crippen LogP contribution in [0.15, 0.2) is 29.2 Å². The van der Waals surface area contributed by atoms with Crippen molar-refractivity contribution < 1.29 is 17.8 Å². The summed E-state index contributed by atoms with van der Waals surface area (Å²) < 4.78 is 29.8. The summed E-state index contributed by atoms with van der Waals surface area (Å²) in [6.45, 7) is 0. The lowest BCUT2D eigenvalue weighted by atomic mass is 10.2. The highest BCUT2D eigenvalue weighted by Crippen LogP contribution is 2.11. The molecular formula is C8H7BrO4S. The van der Waals surface area contributed by atoms with E-state index >= 15 is 0 Å². The first-order valence-corrected chi connectivity index (χ1v) is 5.87. The Hall–Kier alpha value is -0.720. The summed E-state index contributed by atoms with van der Waals surface area (Å²) >= 11 is 2.76. The Morgan fingerprint density at radius 2 is 1.79 bits per heavy atom. The second-order valence-electron chi connectivity index (χ2n) is 2.65. The van der Waals surface area contributed by atoms with Crippen LogP contribution in [0.2, 0.25) is 0 Å². The second kappa shape index (κ2) is 4.20. The van der Waals surface area contributed by atoms with E-state index in [-0.39, 0.29) is 16.0 Å². The molecule has 0 aliphatic carbocycles. The molecule has 0 fully saturated rings. The Morgan fingerprint density at radius 3 is 2.14 bits per heavy atom. The predicted molar refractivity (Wildman–Crippen MR) is 53.9 cm³/mol. The average Bonchev–Trinajstić information content (AvgIpc) is 2.02. The van der Waals surface area contributed by atoms with Crippen LogP contribution >= 0.6 is 15.9 Å². The van der Waals surface area contributed by atoms with Crippen molar-refractivity contribution in [1.29, 1.82) is 0 Å². The van der Waals surface area contributed by atoms with Gasteiger partial charge in [-0.25, -0.2) is 0 Å². The lowest BCUT2D eigenvalue weighted by Gasteiger charge is -1.98. The molecule has 76 valence electrons. The maximum atomic E-state index is 10.6. The first-order valence-electron chi connectivity index (χ1n) is 3.64. The topological polar surface area (TPSA) is 71.4 Å². The van der Waals surface area contributed by atoms with E-state index in [4.69, 9.17) is 4.55 Å². The van der Waals surface area contributed by atoms with Crippen molar-refractivity contribution in [3.63, 3.8) is 0 Å². The van der Waals surface area contributed by atoms with Gasteiger partial charge in [0.2, 0.25) is 4.69 Å². The van der Waals surface area contributed by atoms with Crippen molar-refractivity contribution in [2.24, 2.45) is 0 Å². The van der Waals surface area contributed by atoms with Crippen LogP contribution in [0.3, 0.4) is 0 Å². The molecule has 1 rings (SSSR count). The first-order chi connectivity index (χ1) is 6.39. The summed E-state index contributed by atoms with van der Waals surface area (Å²) in [5.41, 5.74) is 0.680. The lowest BCUT2D eigenvalue weighted by molar-refractivity contribution is -0.109. The molecule has 0 aliphatic rings. The van der Waals surface area contributed by atoms with E-state index in [2.05, 4.69) is 15.9 Å². The first kappa shape index (κ1) is 11.4. The molecule has 0 atom stereocenters. The van der Waals surface area contributed by atoms with Gasteiger partial charge >= 0.3 is 0 Å². The van der Waals surface area contributed by atoms with Gasteiger partial charge in [-0.15, -0.1) is 0 Å². The SMILES string of the molecule is O=C(Br)Cc1ccc(S(=O)(=O)O)cc1. The Morgan fingerprint density at radius 1 is 1.29 bits per heavy atom. The van der Waals surface area contributed by atoms with E-state index in [1.54, 1.807) is 0 Å². The molecule has 0 saturated heterocycles. The molecule has 14 heavy (non-hydrogen) atoms. The number of hydrogen-bond acceptors (Lipinski definition) is 3. The Kier molecular flexibility index (Phi) is 3.41. The molecule has 1 N–H and O–H groups in total. The maximum Gasteiger partial charge on any atom is 0.294 e. The van der Waals surface area contributed by atoms with E-state index in [0.717, 1.165) is 0 Å². The van der Waals surface area contributed by atoms with E-state index in [0.29, 0.717) is 5.56 Å². The third-order valence-electron chi connectivity index (χ3n) is 1.56. The number of carbonyl (C=O) groups excluding carboxylic acids is 1. The van der Waals surface area contributed by atoms with Gasteiger partial charge in [-0.05, 0) is 33.6 Å². The van der Waals surface area contributed by atoms with E-state index in [1.165, 1.54) is 24.3 Å². The molecule has 0 saturated carbocycles. The summed E-state index contributed by atoms with van der Waals surface area (Å²) in [5.74, 6) is 0. The molecule has 1 aromatic rings. The van der Waals surface area contributed by atoms with E-state index in [9.17, 15) is 13.2 Å². The van der Waals surface area contributed by atoms with Crippen LogP contribution in [-0.2, 0) is 21.3 Å². The van der Waals surface area contributed by atoms with Gasteiger partial charge in [-0.2, -0.15) is 8.42 Å². The monoisotopic (exact) mass is 278 g/mol. The zero-order valence-corrected chi connectivity index (χ0v) is 9.38. The van der Waals surface area contributed by atoms with Crippen LogP contribution in [0, 0.1) is 0 Å². The number of benzene rings is 1. The molecule has 0 heterocycles. The highest BCUT2D eigenvalue weighted by molar-refractivity contribution is 9.18. The van der Waals surface area contributed by atoms with Crippen LogP contribution in [0.4, 0.5) is 0 Å². The highest BCUT2D eigenvalue weighted by Gasteiger charge is 2.08. The summed E-state index contributed by atoms with van der Waals surface area (Å²) in [6, 6.07) is 5.45. The van der Waals surface area contributed by atoms with Crippen molar-refractivity contribution in [3.8, 4) is 0 Å². The molecule has 0 radical (unpaired) electrons. The van der Waals surface area contributed by atoms with Crippen molar-refractivity contribution in [2.45, 2.75) is 11.3 Å². The number of hydrogen-bond donors (Lipinski definition) is 1. The number of rotatable bonds is 3. The minimum atomic E-state index is -4.14. The Labute approximate surface area is 89.8 Å². The fourth-order valence-electron chi connectivity index (χ4n) is 0.940.